The molecule has 3 rings (SSSR count). The first-order chi connectivity index (χ1) is 13.0. The highest BCUT2D eigenvalue weighted by atomic mass is 16.5. The fourth-order valence-corrected chi connectivity index (χ4v) is 3.49. The van der Waals surface area contributed by atoms with Crippen molar-refractivity contribution in [1.82, 2.24) is 9.88 Å². The van der Waals surface area contributed by atoms with Gasteiger partial charge in [0.1, 0.15) is 11.4 Å². The predicted molar refractivity (Wildman–Crippen MR) is 107 cm³/mol. The normalized spacial score (nSPS) is 11.1. The third-order valence-corrected chi connectivity index (χ3v) is 4.71. The van der Waals surface area contributed by atoms with Crippen LogP contribution in [-0.4, -0.2) is 22.2 Å². The van der Waals surface area contributed by atoms with Crippen LogP contribution in [0.5, 0.6) is 5.75 Å². The van der Waals surface area contributed by atoms with E-state index in [1.807, 2.05) is 61.7 Å². The number of rotatable bonds is 8. The maximum atomic E-state index is 11.9. The van der Waals surface area contributed by atoms with Gasteiger partial charge in [-0.25, -0.2) is 4.79 Å². The summed E-state index contributed by atoms with van der Waals surface area (Å²) in [6.07, 6.45) is 0. The zero-order valence-electron chi connectivity index (χ0n) is 16.1. The molecule has 0 bridgehead atoms. The molecule has 0 fully saturated rings. The van der Waals surface area contributed by atoms with Crippen molar-refractivity contribution in [3.05, 3.63) is 64.8 Å². The van der Waals surface area contributed by atoms with Crippen LogP contribution in [0.1, 0.15) is 41.0 Å². The topological polar surface area (TPSA) is 63.5 Å². The first-order valence-electron chi connectivity index (χ1n) is 9.32. The Hall–Kier alpha value is -2.79. The average Bonchev–Trinajstić information content (AvgIpc) is 2.96. The molecular formula is C22H26N2O3. The van der Waals surface area contributed by atoms with Crippen LogP contribution in [-0.2, 0) is 19.6 Å². The molecule has 2 N–H and O–H groups in total. The molecule has 3 aromatic rings. The molecule has 0 atom stereocenters. The minimum Gasteiger partial charge on any atom is -0.494 e. The average molecular weight is 366 g/mol. The van der Waals surface area contributed by atoms with E-state index in [4.69, 9.17) is 4.74 Å². The van der Waals surface area contributed by atoms with E-state index in [2.05, 4.69) is 11.4 Å². The summed E-state index contributed by atoms with van der Waals surface area (Å²) in [6, 6.07) is 14.1. The van der Waals surface area contributed by atoms with Crippen molar-refractivity contribution >= 4 is 16.9 Å². The fraction of sp³-hybridized carbons (Fsp3) is 0.318. The smallest absolute Gasteiger partial charge is 0.352 e. The lowest BCUT2D eigenvalue weighted by Gasteiger charge is -2.08. The van der Waals surface area contributed by atoms with Crippen molar-refractivity contribution in [2.24, 2.45) is 0 Å². The first kappa shape index (κ1) is 19.0. The van der Waals surface area contributed by atoms with Crippen LogP contribution in [0, 0.1) is 6.92 Å². The molecule has 0 amide bonds. The number of carboxylic acids is 1. The van der Waals surface area contributed by atoms with E-state index >= 15 is 0 Å². The Morgan fingerprint density at radius 2 is 1.85 bits per heavy atom. The molecule has 2 aromatic carbocycles. The van der Waals surface area contributed by atoms with Crippen molar-refractivity contribution in [2.75, 3.05) is 6.61 Å². The summed E-state index contributed by atoms with van der Waals surface area (Å²) in [5.41, 5.74) is 4.45. The van der Waals surface area contributed by atoms with Crippen LogP contribution >= 0.6 is 0 Å². The summed E-state index contributed by atoms with van der Waals surface area (Å²) < 4.78 is 7.35. The molecule has 0 saturated carbocycles. The van der Waals surface area contributed by atoms with Gasteiger partial charge >= 0.3 is 5.97 Å². The van der Waals surface area contributed by atoms with E-state index < -0.39 is 5.97 Å². The van der Waals surface area contributed by atoms with Gasteiger partial charge in [-0.05, 0) is 50.1 Å². The largest absolute Gasteiger partial charge is 0.494 e. The number of nitrogens with zero attached hydrogens (tertiary/aromatic N) is 1. The van der Waals surface area contributed by atoms with E-state index in [1.165, 1.54) is 0 Å². The minimum atomic E-state index is -0.886. The second kappa shape index (κ2) is 8.27. The highest BCUT2D eigenvalue weighted by Gasteiger charge is 2.21. The van der Waals surface area contributed by atoms with Gasteiger partial charge in [-0.15, -0.1) is 0 Å². The van der Waals surface area contributed by atoms with Crippen molar-refractivity contribution < 1.29 is 14.6 Å². The predicted octanol–water partition coefficient (Wildman–Crippen LogP) is 4.36. The molecule has 0 unspecified atom stereocenters. The van der Waals surface area contributed by atoms with E-state index in [-0.39, 0.29) is 0 Å². The molecule has 1 aromatic heterocycles. The third kappa shape index (κ3) is 3.98. The number of carbonyl (C=O) groups is 1. The van der Waals surface area contributed by atoms with E-state index in [0.29, 0.717) is 31.9 Å². The molecule has 0 spiro atoms. The Labute approximate surface area is 159 Å². The Bertz CT molecular complexity index is 942. The zero-order chi connectivity index (χ0) is 19.4. The first-order valence-corrected chi connectivity index (χ1v) is 9.32. The second-order valence-electron chi connectivity index (χ2n) is 6.58. The van der Waals surface area contributed by atoms with Crippen molar-refractivity contribution in [3.63, 3.8) is 0 Å². The number of nitrogens with one attached hydrogen (secondary N) is 1. The number of carboxylic acid groups (broad SMARTS) is 1. The Kier molecular flexibility index (Phi) is 5.81. The number of benzene rings is 2. The quantitative estimate of drug-likeness (QED) is 0.622. The Balaban J connectivity index is 1.83. The standard InChI is InChI=1S/C22H26N2O3/c1-4-24-20-12-15(3)6-11-18(20)19(21(24)22(25)26)14-23-13-16-7-9-17(10-8-16)27-5-2/h6-12,23H,4-5,13-14H2,1-3H3,(H,25,26). The van der Waals surface area contributed by atoms with Gasteiger partial charge in [0.2, 0.25) is 0 Å². The van der Waals surface area contributed by atoms with E-state index in [9.17, 15) is 9.90 Å². The molecule has 0 saturated heterocycles. The van der Waals surface area contributed by atoms with Crippen LogP contribution in [0.2, 0.25) is 0 Å². The summed E-state index contributed by atoms with van der Waals surface area (Å²) in [4.78, 5) is 11.9. The van der Waals surface area contributed by atoms with Gasteiger partial charge in [0, 0.05) is 36.1 Å². The van der Waals surface area contributed by atoms with E-state index in [0.717, 1.165) is 33.3 Å². The number of aryl methyl sites for hydroxylation is 2. The SMILES string of the molecule is CCOc1ccc(CNCc2c(C(=O)O)n(CC)c3cc(C)ccc23)cc1. The molecule has 27 heavy (non-hydrogen) atoms. The van der Waals surface area contributed by atoms with Crippen molar-refractivity contribution in [2.45, 2.75) is 40.4 Å². The van der Waals surface area contributed by atoms with Gasteiger partial charge in [0.05, 0.1) is 6.61 Å². The monoisotopic (exact) mass is 366 g/mol. The Morgan fingerprint density at radius 1 is 1.11 bits per heavy atom. The van der Waals surface area contributed by atoms with Crippen molar-refractivity contribution in [1.29, 1.82) is 0 Å². The van der Waals surface area contributed by atoms with Gasteiger partial charge in [-0.3, -0.25) is 0 Å². The molecule has 0 aliphatic carbocycles. The van der Waals surface area contributed by atoms with Gasteiger partial charge in [0.25, 0.3) is 0 Å². The maximum absolute atomic E-state index is 11.9. The Morgan fingerprint density at radius 3 is 2.48 bits per heavy atom. The molecule has 1 heterocycles. The molecule has 0 aliphatic heterocycles. The van der Waals surface area contributed by atoms with Crippen LogP contribution in [0.25, 0.3) is 10.9 Å². The highest BCUT2D eigenvalue weighted by Crippen LogP contribution is 2.27. The summed E-state index contributed by atoms with van der Waals surface area (Å²) in [6.45, 7) is 8.40. The van der Waals surface area contributed by atoms with Gasteiger partial charge in [-0.1, -0.05) is 24.3 Å². The van der Waals surface area contributed by atoms with Crippen LogP contribution in [0.15, 0.2) is 42.5 Å². The number of hydrogen-bond acceptors (Lipinski definition) is 3. The highest BCUT2D eigenvalue weighted by molar-refractivity contribution is 5.98. The van der Waals surface area contributed by atoms with Crippen LogP contribution in [0.3, 0.4) is 0 Å². The molecule has 0 radical (unpaired) electrons. The molecular weight excluding hydrogens is 340 g/mol. The molecule has 5 nitrogen and oxygen atoms in total. The second-order valence-corrected chi connectivity index (χ2v) is 6.58. The number of aromatic carboxylic acids is 1. The van der Waals surface area contributed by atoms with Gasteiger partial charge < -0.3 is 19.7 Å². The van der Waals surface area contributed by atoms with Crippen LogP contribution in [0.4, 0.5) is 0 Å². The lowest BCUT2D eigenvalue weighted by atomic mass is 10.1. The van der Waals surface area contributed by atoms with Crippen molar-refractivity contribution in [3.8, 4) is 5.75 Å². The third-order valence-electron chi connectivity index (χ3n) is 4.71. The number of hydrogen-bond donors (Lipinski definition) is 2. The minimum absolute atomic E-state index is 0.372. The number of ether oxygens (including phenoxy) is 1. The number of fused-ring (bicyclic) bond motifs is 1. The molecule has 142 valence electrons. The summed E-state index contributed by atoms with van der Waals surface area (Å²) in [7, 11) is 0. The molecule has 0 aliphatic rings. The maximum Gasteiger partial charge on any atom is 0.352 e. The number of aromatic nitrogens is 1. The van der Waals surface area contributed by atoms with Crippen LogP contribution < -0.4 is 10.1 Å². The lowest BCUT2D eigenvalue weighted by molar-refractivity contribution is 0.0684. The van der Waals surface area contributed by atoms with E-state index in [1.54, 1.807) is 0 Å². The summed E-state index contributed by atoms with van der Waals surface area (Å²) in [5.74, 6) is -0.0284. The summed E-state index contributed by atoms with van der Waals surface area (Å²) >= 11 is 0. The lowest BCUT2D eigenvalue weighted by Crippen LogP contribution is -2.16. The molecule has 5 heteroatoms. The summed E-state index contributed by atoms with van der Waals surface area (Å²) in [5, 5.41) is 14.2. The zero-order valence-corrected chi connectivity index (χ0v) is 16.1. The van der Waals surface area contributed by atoms with Gasteiger partial charge in [0.15, 0.2) is 0 Å². The fourth-order valence-electron chi connectivity index (χ4n) is 3.49. The van der Waals surface area contributed by atoms with Gasteiger partial charge in [-0.2, -0.15) is 0 Å².